The van der Waals surface area contributed by atoms with Crippen LogP contribution >= 0.6 is 11.3 Å². The second-order valence-electron chi connectivity index (χ2n) is 7.03. The number of quaternary nitrogens is 1. The number of carboxylic acids is 1. The van der Waals surface area contributed by atoms with Crippen LogP contribution in [-0.2, 0) is 4.79 Å². The van der Waals surface area contributed by atoms with E-state index in [1.165, 1.54) is 11.3 Å². The van der Waals surface area contributed by atoms with Gasteiger partial charge < -0.3 is 19.7 Å². The van der Waals surface area contributed by atoms with Crippen LogP contribution < -0.4 is 15.2 Å². The molecule has 34 heavy (non-hydrogen) atoms. The number of ether oxygens (including phenoxy) is 1. The van der Waals surface area contributed by atoms with Crippen molar-refractivity contribution in [1.29, 1.82) is 0 Å². The lowest BCUT2D eigenvalue weighted by Gasteiger charge is -2.10. The highest BCUT2D eigenvalue weighted by molar-refractivity contribution is 7.17. The molecule has 2 aromatic heterocycles. The first-order valence-electron chi connectivity index (χ1n) is 9.89. The minimum atomic E-state index is -5.19. The summed E-state index contributed by atoms with van der Waals surface area (Å²) in [5, 5.41) is 39.2. The largest absolute Gasteiger partial charge is 0.542 e. The highest BCUT2D eigenvalue weighted by atomic mass is 32.1. The maximum Gasteiger partial charge on any atom is 0.430 e. The van der Waals surface area contributed by atoms with Crippen molar-refractivity contribution in [3.8, 4) is 16.3 Å². The van der Waals surface area contributed by atoms with Crippen LogP contribution in [-0.4, -0.2) is 56.9 Å². The fourth-order valence-electron chi connectivity index (χ4n) is 2.72. The monoisotopic (exact) mass is 495 g/mol. The van der Waals surface area contributed by atoms with Gasteiger partial charge in [0.2, 0.25) is 0 Å². The van der Waals surface area contributed by atoms with E-state index in [-0.39, 0.29) is 6.61 Å². The van der Waals surface area contributed by atoms with Crippen LogP contribution in [0.25, 0.3) is 21.5 Å². The Hall–Kier alpha value is -3.55. The number of benzene rings is 2. The molecule has 2 heterocycles. The number of carboxylic acid groups (broad SMARTS) is 1. The zero-order chi connectivity index (χ0) is 24.7. The third kappa shape index (κ3) is 6.97. The fraction of sp³-hybridized carbons (Fsp3) is 0.238. The normalized spacial score (nSPS) is 12.1. The molecule has 0 aliphatic heterocycles. The lowest BCUT2D eigenvalue weighted by atomic mass is 10.1. The van der Waals surface area contributed by atoms with Crippen LogP contribution in [0.1, 0.15) is 5.69 Å². The molecular formula is C21H20F3N5O4S. The van der Waals surface area contributed by atoms with E-state index in [4.69, 9.17) is 14.6 Å². The molecule has 0 radical (unpaired) electrons. The molecule has 180 valence electrons. The van der Waals surface area contributed by atoms with E-state index in [1.807, 2.05) is 54.7 Å². The SMILES string of the molecule is Cc1[nH]nc2ccc(-c3nnc([NH2+]CC(O)COc4ccccc4)s3)cc12.O=C([O-])C(F)(F)F. The summed E-state index contributed by atoms with van der Waals surface area (Å²) in [6.07, 6.45) is -5.79. The number of nitrogens with one attached hydrogen (secondary N) is 1. The smallest absolute Gasteiger partial charge is 0.430 e. The number of nitrogens with two attached hydrogens (primary N) is 1. The summed E-state index contributed by atoms with van der Waals surface area (Å²) < 4.78 is 37.1. The molecule has 2 aromatic carbocycles. The number of rotatable bonds is 7. The van der Waals surface area contributed by atoms with Crippen LogP contribution in [0.4, 0.5) is 18.3 Å². The molecule has 0 saturated carbocycles. The van der Waals surface area contributed by atoms with Gasteiger partial charge in [0, 0.05) is 16.6 Å². The number of aromatic amines is 1. The molecule has 13 heteroatoms. The second-order valence-corrected chi connectivity index (χ2v) is 8.04. The molecule has 0 aliphatic carbocycles. The van der Waals surface area contributed by atoms with Gasteiger partial charge in [0.15, 0.2) is 5.01 Å². The number of carbonyl (C=O) groups is 1. The Morgan fingerprint density at radius 3 is 2.62 bits per heavy atom. The van der Waals surface area contributed by atoms with Gasteiger partial charge in [0.25, 0.3) is 0 Å². The molecule has 0 saturated heterocycles. The van der Waals surface area contributed by atoms with Crippen molar-refractivity contribution in [2.75, 3.05) is 13.2 Å². The molecular weight excluding hydrogens is 475 g/mol. The lowest BCUT2D eigenvalue weighted by Crippen LogP contribution is -2.80. The summed E-state index contributed by atoms with van der Waals surface area (Å²) in [7, 11) is 0. The maximum atomic E-state index is 10.5. The lowest BCUT2D eigenvalue weighted by molar-refractivity contribution is -0.579. The number of hydrogen-bond donors (Lipinski definition) is 3. The Morgan fingerprint density at radius 1 is 1.24 bits per heavy atom. The highest BCUT2D eigenvalue weighted by Gasteiger charge is 2.28. The standard InChI is InChI=1S/C19H19N5O2S.C2HF3O2/c1-12-16-9-13(7-8-17(16)22-21-12)18-23-24-19(27-18)20-10-14(25)11-26-15-5-3-2-4-6-15;3-2(4,5)1(6)7/h2-9,14,25H,10-11H2,1H3,(H,20,24)(H,21,22);(H,6,7). The molecule has 0 aliphatic rings. The molecule has 4 rings (SSSR count). The Balaban J connectivity index is 0.000000406. The van der Waals surface area contributed by atoms with Crippen molar-refractivity contribution in [3.63, 3.8) is 0 Å². The van der Waals surface area contributed by atoms with Crippen LogP contribution in [0.5, 0.6) is 5.75 Å². The molecule has 0 spiro atoms. The molecule has 4 N–H and O–H groups in total. The van der Waals surface area contributed by atoms with E-state index in [0.717, 1.165) is 38.0 Å². The van der Waals surface area contributed by atoms with Gasteiger partial charge in [-0.05, 0) is 48.6 Å². The number of alkyl halides is 3. The van der Waals surface area contributed by atoms with Crippen molar-refractivity contribution in [1.82, 2.24) is 20.4 Å². The third-order valence-corrected chi connectivity index (χ3v) is 5.38. The number of carbonyl (C=O) groups excluding carboxylic acids is 1. The summed E-state index contributed by atoms with van der Waals surface area (Å²) in [6.45, 7) is 2.70. The third-order valence-electron chi connectivity index (χ3n) is 4.41. The van der Waals surface area contributed by atoms with Crippen LogP contribution in [0.3, 0.4) is 0 Å². The number of aliphatic carboxylic acids is 1. The van der Waals surface area contributed by atoms with E-state index in [9.17, 15) is 18.3 Å². The molecule has 0 fully saturated rings. The second kappa shape index (κ2) is 11.0. The molecule has 4 aromatic rings. The zero-order valence-electron chi connectivity index (χ0n) is 17.7. The summed E-state index contributed by atoms with van der Waals surface area (Å²) in [5.74, 6) is -2.26. The molecule has 1 atom stereocenters. The summed E-state index contributed by atoms with van der Waals surface area (Å²) in [6, 6.07) is 15.5. The van der Waals surface area contributed by atoms with Gasteiger partial charge in [0.1, 0.15) is 31.0 Å². The molecule has 0 bridgehead atoms. The topological polar surface area (TPSA) is 141 Å². The predicted octanol–water partition coefficient (Wildman–Crippen LogP) is 1.32. The van der Waals surface area contributed by atoms with Crippen molar-refractivity contribution in [2.24, 2.45) is 0 Å². The van der Waals surface area contributed by atoms with Gasteiger partial charge >= 0.3 is 11.3 Å². The number of hydrogen-bond acceptors (Lipinski definition) is 8. The maximum absolute atomic E-state index is 10.5. The molecule has 0 amide bonds. The van der Waals surface area contributed by atoms with E-state index in [1.54, 1.807) is 0 Å². The Bertz CT molecular complexity index is 1230. The van der Waals surface area contributed by atoms with Crippen LogP contribution in [0.15, 0.2) is 48.5 Å². The van der Waals surface area contributed by atoms with E-state index < -0.39 is 18.2 Å². The number of aryl methyl sites for hydroxylation is 1. The minimum Gasteiger partial charge on any atom is -0.542 e. The van der Waals surface area contributed by atoms with Gasteiger partial charge in [-0.25, -0.2) is 0 Å². The van der Waals surface area contributed by atoms with Crippen molar-refractivity contribution < 1.29 is 38.2 Å². The number of nitrogens with zero attached hydrogens (tertiary/aromatic N) is 3. The quantitative estimate of drug-likeness (QED) is 0.351. The van der Waals surface area contributed by atoms with Crippen LogP contribution in [0.2, 0.25) is 0 Å². The first-order valence-corrected chi connectivity index (χ1v) is 10.7. The average Bonchev–Trinajstić information content (AvgIpc) is 3.43. The van der Waals surface area contributed by atoms with E-state index in [2.05, 4.69) is 26.5 Å². The highest BCUT2D eigenvalue weighted by Crippen LogP contribution is 2.27. The predicted molar refractivity (Wildman–Crippen MR) is 115 cm³/mol. The first kappa shape index (κ1) is 25.1. The van der Waals surface area contributed by atoms with Gasteiger partial charge in [-0.2, -0.15) is 18.3 Å². The number of aliphatic hydroxyl groups is 1. The minimum absolute atomic E-state index is 0.239. The van der Waals surface area contributed by atoms with Crippen molar-refractivity contribution >= 4 is 33.3 Å². The molecule has 1 unspecified atom stereocenters. The van der Waals surface area contributed by atoms with E-state index in [0.29, 0.717) is 6.54 Å². The van der Waals surface area contributed by atoms with Gasteiger partial charge in [-0.3, -0.25) is 10.4 Å². The Kier molecular flexibility index (Phi) is 8.15. The summed E-state index contributed by atoms with van der Waals surface area (Å²) >= 11 is 1.50. The summed E-state index contributed by atoms with van der Waals surface area (Å²) in [5.41, 5.74) is 2.98. The van der Waals surface area contributed by atoms with E-state index >= 15 is 0 Å². The summed E-state index contributed by atoms with van der Waals surface area (Å²) in [4.78, 5) is 8.78. The fourth-order valence-corrected chi connectivity index (χ4v) is 3.50. The number of aromatic nitrogens is 4. The number of para-hydroxylation sites is 1. The first-order chi connectivity index (χ1) is 16.1. The number of H-pyrrole nitrogens is 1. The van der Waals surface area contributed by atoms with Crippen LogP contribution in [0, 0.1) is 6.92 Å². The van der Waals surface area contributed by atoms with Gasteiger partial charge in [-0.15, -0.1) is 5.10 Å². The average molecular weight is 495 g/mol. The van der Waals surface area contributed by atoms with Gasteiger partial charge in [-0.1, -0.05) is 23.3 Å². The van der Waals surface area contributed by atoms with Gasteiger partial charge in [0.05, 0.1) is 5.52 Å². The number of halogens is 3. The van der Waals surface area contributed by atoms with Crippen molar-refractivity contribution in [3.05, 3.63) is 54.2 Å². The number of aliphatic hydroxyl groups excluding tert-OH is 1. The number of fused-ring (bicyclic) bond motifs is 1. The zero-order valence-corrected chi connectivity index (χ0v) is 18.6. The molecule has 9 nitrogen and oxygen atoms in total. The Labute approximate surface area is 195 Å². The Morgan fingerprint density at radius 2 is 1.94 bits per heavy atom. The van der Waals surface area contributed by atoms with Crippen molar-refractivity contribution in [2.45, 2.75) is 19.2 Å².